The van der Waals surface area contributed by atoms with Gasteiger partial charge in [0, 0.05) is 50.2 Å². The molecule has 1 fully saturated rings. The monoisotopic (exact) mass is 358 g/mol. The average Bonchev–Trinajstić information content (AvgIpc) is 3.15. The number of piperidine rings is 1. The van der Waals surface area contributed by atoms with E-state index in [2.05, 4.69) is 32.6 Å². The first-order chi connectivity index (χ1) is 12.8. The zero-order valence-corrected chi connectivity index (χ0v) is 16.1. The predicted molar refractivity (Wildman–Crippen MR) is 102 cm³/mol. The second-order valence-electron chi connectivity index (χ2n) is 6.90. The van der Waals surface area contributed by atoms with Crippen molar-refractivity contribution in [3.8, 4) is 11.5 Å². The molecule has 3 heterocycles. The summed E-state index contributed by atoms with van der Waals surface area (Å²) in [6.45, 7) is 6.15. The van der Waals surface area contributed by atoms with Crippen LogP contribution in [0.1, 0.15) is 50.0 Å². The van der Waals surface area contributed by atoms with Crippen LogP contribution in [0.3, 0.4) is 0 Å². The molecule has 142 valence electrons. The van der Waals surface area contributed by atoms with Crippen LogP contribution in [-0.4, -0.2) is 46.7 Å². The molecule has 0 N–H and O–H groups in total. The highest BCUT2D eigenvalue weighted by atomic mass is 16.5. The molecule has 1 unspecified atom stereocenters. The lowest BCUT2D eigenvalue weighted by Crippen LogP contribution is -2.35. The van der Waals surface area contributed by atoms with Gasteiger partial charge >= 0.3 is 0 Å². The minimum Gasteiger partial charge on any atom is -0.493 e. The summed E-state index contributed by atoms with van der Waals surface area (Å²) in [5.41, 5.74) is 0.932. The van der Waals surface area contributed by atoms with Gasteiger partial charge in [-0.05, 0) is 25.8 Å². The number of hydrogen-bond donors (Lipinski definition) is 0. The van der Waals surface area contributed by atoms with E-state index < -0.39 is 0 Å². The summed E-state index contributed by atoms with van der Waals surface area (Å²) in [6, 6.07) is 1.84. The van der Waals surface area contributed by atoms with Gasteiger partial charge in [-0.2, -0.15) is 0 Å². The molecule has 2 aromatic heterocycles. The summed E-state index contributed by atoms with van der Waals surface area (Å²) >= 11 is 0. The summed E-state index contributed by atoms with van der Waals surface area (Å²) in [5.74, 6) is 3.18. The van der Waals surface area contributed by atoms with Crippen LogP contribution in [0.2, 0.25) is 0 Å². The quantitative estimate of drug-likeness (QED) is 0.723. The van der Waals surface area contributed by atoms with Crippen molar-refractivity contribution < 1.29 is 9.47 Å². The summed E-state index contributed by atoms with van der Waals surface area (Å²) in [6.07, 6.45) is 10.6. The maximum atomic E-state index is 5.54. The van der Waals surface area contributed by atoms with Crippen LogP contribution >= 0.6 is 0 Å². The van der Waals surface area contributed by atoms with E-state index in [0.717, 1.165) is 43.4 Å². The Morgan fingerprint density at radius 3 is 2.85 bits per heavy atom. The Morgan fingerprint density at radius 1 is 1.19 bits per heavy atom. The van der Waals surface area contributed by atoms with Crippen molar-refractivity contribution >= 4 is 0 Å². The summed E-state index contributed by atoms with van der Waals surface area (Å²) < 4.78 is 13.3. The highest BCUT2D eigenvalue weighted by molar-refractivity contribution is 5.42. The first-order valence-electron chi connectivity index (χ1n) is 9.56. The molecule has 1 saturated heterocycles. The van der Waals surface area contributed by atoms with Crippen molar-refractivity contribution in [3.63, 3.8) is 0 Å². The Balaban J connectivity index is 1.71. The zero-order chi connectivity index (χ0) is 18.4. The van der Waals surface area contributed by atoms with E-state index in [0.29, 0.717) is 5.92 Å². The number of methoxy groups -OCH3 is 2. The predicted octanol–water partition coefficient (Wildman–Crippen LogP) is 3.48. The van der Waals surface area contributed by atoms with E-state index in [1.54, 1.807) is 20.4 Å². The largest absolute Gasteiger partial charge is 0.493 e. The van der Waals surface area contributed by atoms with E-state index in [1.165, 1.54) is 31.5 Å². The van der Waals surface area contributed by atoms with Gasteiger partial charge in [-0.1, -0.05) is 13.3 Å². The molecule has 1 aliphatic heterocycles. The SMILES string of the molecule is CCCCn1ccnc1C1CCCN(Cc2nccc(OC)c2OC)C1. The van der Waals surface area contributed by atoms with Crippen LogP contribution in [0, 0.1) is 0 Å². The van der Waals surface area contributed by atoms with Gasteiger partial charge in [-0.25, -0.2) is 4.98 Å². The number of aryl methyl sites for hydroxylation is 1. The van der Waals surface area contributed by atoms with Gasteiger partial charge in [0.2, 0.25) is 0 Å². The van der Waals surface area contributed by atoms with Crippen molar-refractivity contribution in [2.45, 2.75) is 51.6 Å². The van der Waals surface area contributed by atoms with Gasteiger partial charge in [0.15, 0.2) is 11.5 Å². The Hall–Kier alpha value is -2.08. The van der Waals surface area contributed by atoms with Crippen molar-refractivity contribution in [2.75, 3.05) is 27.3 Å². The topological polar surface area (TPSA) is 52.4 Å². The number of pyridine rings is 1. The van der Waals surface area contributed by atoms with Gasteiger partial charge in [-0.15, -0.1) is 0 Å². The molecule has 1 aliphatic rings. The molecule has 2 aromatic rings. The lowest BCUT2D eigenvalue weighted by Gasteiger charge is -2.32. The molecule has 0 aliphatic carbocycles. The van der Waals surface area contributed by atoms with E-state index >= 15 is 0 Å². The number of aromatic nitrogens is 3. The van der Waals surface area contributed by atoms with Crippen molar-refractivity contribution in [2.24, 2.45) is 0 Å². The molecule has 0 spiro atoms. The van der Waals surface area contributed by atoms with Crippen LogP contribution in [0.15, 0.2) is 24.7 Å². The molecule has 6 heteroatoms. The standard InChI is InChI=1S/C20H30N4O2/c1-4-5-12-24-13-10-22-20(24)16-7-6-11-23(14-16)15-17-19(26-3)18(25-2)8-9-21-17/h8-10,13,16H,4-7,11-12,14-15H2,1-3H3. The number of rotatable bonds is 8. The van der Waals surface area contributed by atoms with E-state index in [1.807, 2.05) is 12.3 Å². The molecule has 0 radical (unpaired) electrons. The third kappa shape index (κ3) is 4.18. The van der Waals surface area contributed by atoms with Gasteiger partial charge in [-0.3, -0.25) is 9.88 Å². The van der Waals surface area contributed by atoms with E-state index in [4.69, 9.17) is 9.47 Å². The van der Waals surface area contributed by atoms with Crippen molar-refractivity contribution in [3.05, 3.63) is 36.2 Å². The maximum Gasteiger partial charge on any atom is 0.183 e. The zero-order valence-electron chi connectivity index (χ0n) is 16.1. The Morgan fingerprint density at radius 2 is 2.08 bits per heavy atom. The molecule has 0 saturated carbocycles. The molecule has 3 rings (SSSR count). The fraction of sp³-hybridized carbons (Fsp3) is 0.600. The van der Waals surface area contributed by atoms with Crippen LogP contribution in [0.5, 0.6) is 11.5 Å². The van der Waals surface area contributed by atoms with Crippen LogP contribution in [-0.2, 0) is 13.1 Å². The minimum atomic E-state index is 0.479. The molecule has 26 heavy (non-hydrogen) atoms. The molecular weight excluding hydrogens is 328 g/mol. The fourth-order valence-corrected chi connectivity index (χ4v) is 3.78. The molecular formula is C20H30N4O2. The first kappa shape index (κ1) is 18.7. The van der Waals surface area contributed by atoms with Gasteiger partial charge in [0.1, 0.15) is 11.5 Å². The number of imidazole rings is 1. The fourth-order valence-electron chi connectivity index (χ4n) is 3.78. The highest BCUT2D eigenvalue weighted by Crippen LogP contribution is 2.32. The average molecular weight is 358 g/mol. The lowest BCUT2D eigenvalue weighted by molar-refractivity contribution is 0.189. The molecule has 1 atom stereocenters. The lowest BCUT2D eigenvalue weighted by atomic mass is 9.97. The van der Waals surface area contributed by atoms with Crippen LogP contribution < -0.4 is 9.47 Å². The number of hydrogen-bond acceptors (Lipinski definition) is 5. The van der Waals surface area contributed by atoms with Gasteiger partial charge < -0.3 is 14.0 Å². The maximum absolute atomic E-state index is 5.54. The molecule has 6 nitrogen and oxygen atoms in total. The number of unbranched alkanes of at least 4 members (excludes halogenated alkanes) is 1. The summed E-state index contributed by atoms with van der Waals surface area (Å²) in [7, 11) is 3.33. The minimum absolute atomic E-state index is 0.479. The second kappa shape index (κ2) is 9.03. The van der Waals surface area contributed by atoms with Gasteiger partial charge in [0.05, 0.1) is 14.2 Å². The van der Waals surface area contributed by atoms with Crippen molar-refractivity contribution in [1.82, 2.24) is 19.4 Å². The summed E-state index contributed by atoms with van der Waals surface area (Å²) in [5, 5.41) is 0. The van der Waals surface area contributed by atoms with Gasteiger partial charge in [0.25, 0.3) is 0 Å². The van der Waals surface area contributed by atoms with Crippen molar-refractivity contribution in [1.29, 1.82) is 0 Å². The highest BCUT2D eigenvalue weighted by Gasteiger charge is 2.26. The normalized spacial score (nSPS) is 18.0. The van der Waals surface area contributed by atoms with E-state index in [-0.39, 0.29) is 0 Å². The smallest absolute Gasteiger partial charge is 0.183 e. The summed E-state index contributed by atoms with van der Waals surface area (Å²) in [4.78, 5) is 11.7. The first-order valence-corrected chi connectivity index (χ1v) is 9.56. The third-order valence-corrected chi connectivity index (χ3v) is 5.11. The number of ether oxygens (including phenoxy) is 2. The van der Waals surface area contributed by atoms with Crippen LogP contribution in [0.25, 0.3) is 0 Å². The number of likely N-dealkylation sites (tertiary alicyclic amines) is 1. The number of nitrogens with zero attached hydrogens (tertiary/aromatic N) is 4. The Kier molecular flexibility index (Phi) is 6.50. The Bertz CT molecular complexity index is 701. The second-order valence-corrected chi connectivity index (χ2v) is 6.90. The molecule has 0 aromatic carbocycles. The molecule has 0 amide bonds. The van der Waals surface area contributed by atoms with Crippen LogP contribution in [0.4, 0.5) is 0 Å². The Labute approximate surface area is 156 Å². The van der Waals surface area contributed by atoms with E-state index in [9.17, 15) is 0 Å². The molecule has 0 bridgehead atoms. The third-order valence-electron chi connectivity index (χ3n) is 5.11.